The lowest BCUT2D eigenvalue weighted by atomic mass is 9.82. The zero-order valence-corrected chi connectivity index (χ0v) is 10.2. The van der Waals surface area contributed by atoms with Crippen molar-refractivity contribution in [3.63, 3.8) is 0 Å². The molecule has 5 rings (SSSR count). The van der Waals surface area contributed by atoms with Gasteiger partial charge in [0.15, 0.2) is 0 Å². The molecular weight excluding hydrogens is 214 g/mol. The van der Waals surface area contributed by atoms with Gasteiger partial charge in [-0.2, -0.15) is 0 Å². The largest absolute Gasteiger partial charge is 0.250 e. The van der Waals surface area contributed by atoms with Crippen LogP contribution in [-0.2, 0) is 0 Å². The Bertz CT molecular complexity index is 388. The normalized spacial score (nSPS) is 44.1. The van der Waals surface area contributed by atoms with Crippen LogP contribution in [0.5, 0.6) is 0 Å². The van der Waals surface area contributed by atoms with E-state index in [1.807, 2.05) is 12.3 Å². The van der Waals surface area contributed by atoms with E-state index < -0.39 is 0 Å². The van der Waals surface area contributed by atoms with Crippen molar-refractivity contribution in [3.8, 4) is 0 Å². The van der Waals surface area contributed by atoms with Gasteiger partial charge in [0, 0.05) is 10.9 Å². The number of hydrogen-bond donors (Lipinski definition) is 0. The van der Waals surface area contributed by atoms with Crippen molar-refractivity contribution < 1.29 is 0 Å². The van der Waals surface area contributed by atoms with Gasteiger partial charge in [0.2, 0.25) is 0 Å². The van der Waals surface area contributed by atoms with E-state index in [2.05, 4.69) is 28.9 Å². The average Bonchev–Trinajstić information content (AvgIpc) is 2.64. The van der Waals surface area contributed by atoms with Crippen molar-refractivity contribution in [3.05, 3.63) is 24.4 Å². The summed E-state index contributed by atoms with van der Waals surface area (Å²) in [5.74, 6) is 3.10. The van der Waals surface area contributed by atoms with Gasteiger partial charge in [0.05, 0.1) is 5.03 Å². The Morgan fingerprint density at radius 1 is 1.12 bits per heavy atom. The Morgan fingerprint density at radius 3 is 2.62 bits per heavy atom. The van der Waals surface area contributed by atoms with Crippen molar-refractivity contribution in [2.75, 3.05) is 0 Å². The number of aromatic nitrogens is 1. The van der Waals surface area contributed by atoms with E-state index in [1.165, 1.54) is 37.1 Å². The summed E-state index contributed by atoms with van der Waals surface area (Å²) >= 11 is 2.09. The third kappa shape index (κ3) is 1.29. The summed E-state index contributed by atoms with van der Waals surface area (Å²) in [4.78, 5) is 4.50. The summed E-state index contributed by atoms with van der Waals surface area (Å²) in [5, 5.41) is 1.25. The summed E-state index contributed by atoms with van der Waals surface area (Å²) in [7, 11) is 0. The van der Waals surface area contributed by atoms with Gasteiger partial charge in [0.1, 0.15) is 0 Å². The predicted octanol–water partition coefficient (Wildman–Crippen LogP) is 3.75. The number of hydrogen-bond acceptors (Lipinski definition) is 2. The second-order valence-electron chi connectivity index (χ2n) is 5.88. The van der Waals surface area contributed by atoms with Crippen LogP contribution >= 0.6 is 11.8 Å². The van der Waals surface area contributed by atoms with Gasteiger partial charge in [-0.05, 0) is 62.0 Å². The van der Waals surface area contributed by atoms with Crippen LogP contribution in [0.2, 0.25) is 0 Å². The molecule has 2 heteroatoms. The van der Waals surface area contributed by atoms with Crippen LogP contribution in [0.15, 0.2) is 29.4 Å². The fraction of sp³-hybridized carbons (Fsp3) is 0.643. The molecule has 0 radical (unpaired) electrons. The smallest absolute Gasteiger partial charge is 0.0965 e. The van der Waals surface area contributed by atoms with Crippen molar-refractivity contribution in [2.45, 2.75) is 41.9 Å². The maximum Gasteiger partial charge on any atom is 0.0965 e. The van der Waals surface area contributed by atoms with Crippen LogP contribution in [0.1, 0.15) is 32.1 Å². The number of thioether (sulfide) groups is 1. The fourth-order valence-electron chi connectivity index (χ4n) is 4.50. The summed E-state index contributed by atoms with van der Waals surface area (Å²) in [6.45, 7) is 0. The molecule has 1 heterocycles. The zero-order chi connectivity index (χ0) is 10.6. The van der Waals surface area contributed by atoms with Crippen LogP contribution in [0, 0.1) is 17.8 Å². The second-order valence-corrected chi connectivity index (χ2v) is 7.31. The molecule has 2 atom stereocenters. The first-order valence-electron chi connectivity index (χ1n) is 6.44. The topological polar surface area (TPSA) is 12.9 Å². The molecule has 4 saturated carbocycles. The summed E-state index contributed by atoms with van der Waals surface area (Å²) in [6.07, 6.45) is 9.41. The lowest BCUT2D eigenvalue weighted by Gasteiger charge is -2.31. The van der Waals surface area contributed by atoms with E-state index in [1.54, 1.807) is 0 Å². The highest BCUT2D eigenvalue weighted by Crippen LogP contribution is 2.66. The number of rotatable bonds is 2. The van der Waals surface area contributed by atoms with Crippen molar-refractivity contribution >= 4 is 11.8 Å². The molecule has 4 bridgehead atoms. The Morgan fingerprint density at radius 2 is 1.94 bits per heavy atom. The van der Waals surface area contributed by atoms with E-state index >= 15 is 0 Å². The molecular formula is C14H17NS. The third-order valence-electron chi connectivity index (χ3n) is 4.86. The molecule has 0 aromatic carbocycles. The third-order valence-corrected chi connectivity index (χ3v) is 6.38. The van der Waals surface area contributed by atoms with Crippen LogP contribution in [0.25, 0.3) is 0 Å². The van der Waals surface area contributed by atoms with Crippen molar-refractivity contribution in [1.82, 2.24) is 4.98 Å². The first-order chi connectivity index (χ1) is 7.84. The summed E-state index contributed by atoms with van der Waals surface area (Å²) < 4.78 is 0.585. The molecule has 1 nitrogen and oxygen atoms in total. The highest BCUT2D eigenvalue weighted by Gasteiger charge is 2.58. The molecule has 0 spiro atoms. The highest BCUT2D eigenvalue weighted by atomic mass is 32.2. The monoisotopic (exact) mass is 231 g/mol. The van der Waals surface area contributed by atoms with Crippen LogP contribution in [0.4, 0.5) is 0 Å². The molecule has 4 fully saturated rings. The van der Waals surface area contributed by atoms with E-state index in [0.29, 0.717) is 4.75 Å². The average molecular weight is 231 g/mol. The van der Waals surface area contributed by atoms with Gasteiger partial charge in [-0.3, -0.25) is 0 Å². The summed E-state index contributed by atoms with van der Waals surface area (Å²) in [6, 6.07) is 6.31. The maximum absolute atomic E-state index is 4.50. The maximum atomic E-state index is 4.50. The number of pyridine rings is 1. The van der Waals surface area contributed by atoms with E-state index in [-0.39, 0.29) is 0 Å². The molecule has 0 aliphatic heterocycles. The predicted molar refractivity (Wildman–Crippen MR) is 66.4 cm³/mol. The summed E-state index contributed by atoms with van der Waals surface area (Å²) in [5.41, 5.74) is 0. The highest BCUT2D eigenvalue weighted by molar-refractivity contribution is 8.00. The fourth-order valence-corrected chi connectivity index (χ4v) is 6.18. The standard InChI is InChI=1S/C14H17NS/c1-2-4-15-13(3-1)16-14-8-10-5-11(9-14)7-12(14)6-10/h1-4,10-12H,5-9H2. The quantitative estimate of drug-likeness (QED) is 0.769. The van der Waals surface area contributed by atoms with Gasteiger partial charge in [0.25, 0.3) is 0 Å². The van der Waals surface area contributed by atoms with Gasteiger partial charge in [-0.15, -0.1) is 0 Å². The van der Waals surface area contributed by atoms with Gasteiger partial charge < -0.3 is 0 Å². The molecule has 4 aliphatic rings. The minimum atomic E-state index is 0.585. The minimum Gasteiger partial charge on any atom is -0.250 e. The second kappa shape index (κ2) is 3.25. The van der Waals surface area contributed by atoms with Gasteiger partial charge in [-0.1, -0.05) is 17.8 Å². The van der Waals surface area contributed by atoms with Crippen LogP contribution < -0.4 is 0 Å². The van der Waals surface area contributed by atoms with Gasteiger partial charge in [-0.25, -0.2) is 4.98 Å². The number of nitrogens with zero attached hydrogens (tertiary/aromatic N) is 1. The first-order valence-corrected chi connectivity index (χ1v) is 7.26. The molecule has 16 heavy (non-hydrogen) atoms. The molecule has 0 saturated heterocycles. The Balaban J connectivity index is 1.64. The Labute approximate surface area is 101 Å². The lowest BCUT2D eigenvalue weighted by Crippen LogP contribution is -2.26. The van der Waals surface area contributed by atoms with Crippen LogP contribution in [-0.4, -0.2) is 9.73 Å². The van der Waals surface area contributed by atoms with E-state index in [0.717, 1.165) is 17.8 Å². The minimum absolute atomic E-state index is 0.585. The molecule has 84 valence electrons. The lowest BCUT2D eigenvalue weighted by molar-refractivity contribution is 0.283. The molecule has 0 N–H and O–H groups in total. The molecule has 0 amide bonds. The zero-order valence-electron chi connectivity index (χ0n) is 9.43. The first kappa shape index (κ1) is 9.52. The Kier molecular flexibility index (Phi) is 1.94. The van der Waals surface area contributed by atoms with E-state index in [9.17, 15) is 0 Å². The Hall–Kier alpha value is -0.500. The SMILES string of the molecule is c1ccc(SC23CC4CC(CC2C4)C3)nc1. The van der Waals surface area contributed by atoms with Gasteiger partial charge >= 0.3 is 0 Å². The van der Waals surface area contributed by atoms with Crippen molar-refractivity contribution in [1.29, 1.82) is 0 Å². The molecule has 4 aliphatic carbocycles. The molecule has 2 unspecified atom stereocenters. The molecule has 1 aromatic rings. The van der Waals surface area contributed by atoms with Crippen LogP contribution in [0.3, 0.4) is 0 Å². The van der Waals surface area contributed by atoms with E-state index in [4.69, 9.17) is 0 Å². The van der Waals surface area contributed by atoms with Crippen molar-refractivity contribution in [2.24, 2.45) is 17.8 Å². The molecule has 1 aromatic heterocycles.